The normalized spacial score (nSPS) is 7.78. The fourth-order valence-electron chi connectivity index (χ4n) is 0.339. The standard InChI is InChI=1S/C5H10O2S.Ca.2H/c1-3-4-5(6)7-8-2;;;/h3-4H2,1-2H3;;;/q;+2;2*-1. The van der Waals surface area contributed by atoms with Gasteiger partial charge in [0.2, 0.25) is 0 Å². The SMILES string of the molecule is CCCC(=O)OSC.[Ca+2].[H-].[H-]. The molecule has 52 valence electrons. The molecule has 0 aromatic rings. The Labute approximate surface area is 92.9 Å². The second kappa shape index (κ2) is 9.08. The Morgan fingerprint density at radius 1 is 1.78 bits per heavy atom. The van der Waals surface area contributed by atoms with Gasteiger partial charge in [0.1, 0.15) is 0 Å². The molecule has 0 aliphatic carbocycles. The second-order valence-electron chi connectivity index (χ2n) is 1.37. The van der Waals surface area contributed by atoms with Crippen LogP contribution >= 0.6 is 12.0 Å². The Bertz CT molecular complexity index is 76.9. The Hall–Kier alpha value is 1.08. The van der Waals surface area contributed by atoms with E-state index in [1.165, 1.54) is 0 Å². The molecule has 0 unspecified atom stereocenters. The van der Waals surface area contributed by atoms with E-state index in [0.29, 0.717) is 6.42 Å². The Morgan fingerprint density at radius 3 is 2.67 bits per heavy atom. The fraction of sp³-hybridized carbons (Fsp3) is 0.800. The summed E-state index contributed by atoms with van der Waals surface area (Å²) in [6.45, 7) is 1.95. The molecule has 0 aromatic heterocycles. The van der Waals surface area contributed by atoms with Crippen molar-refractivity contribution in [3.63, 3.8) is 0 Å². The molecule has 0 aliphatic heterocycles. The zero-order chi connectivity index (χ0) is 6.41. The van der Waals surface area contributed by atoms with Crippen LogP contribution in [-0.2, 0) is 8.98 Å². The molecule has 2 nitrogen and oxygen atoms in total. The third-order valence-corrected chi connectivity index (χ3v) is 0.983. The van der Waals surface area contributed by atoms with E-state index in [0.717, 1.165) is 18.5 Å². The molecule has 0 atom stereocenters. The van der Waals surface area contributed by atoms with E-state index in [1.807, 2.05) is 6.92 Å². The van der Waals surface area contributed by atoms with E-state index >= 15 is 0 Å². The molecule has 0 saturated heterocycles. The summed E-state index contributed by atoms with van der Waals surface area (Å²) in [7, 11) is 0. The summed E-state index contributed by atoms with van der Waals surface area (Å²) in [6, 6.07) is 0. The second-order valence-corrected chi connectivity index (χ2v) is 1.87. The summed E-state index contributed by atoms with van der Waals surface area (Å²) in [5.74, 6) is -0.125. The van der Waals surface area contributed by atoms with E-state index in [4.69, 9.17) is 0 Å². The van der Waals surface area contributed by atoms with Crippen molar-refractivity contribution in [3.8, 4) is 0 Å². The first kappa shape index (κ1) is 12.7. The molecule has 0 spiro atoms. The van der Waals surface area contributed by atoms with Gasteiger partial charge in [-0.25, -0.2) is 0 Å². The van der Waals surface area contributed by atoms with E-state index in [9.17, 15) is 4.79 Å². The average molecular weight is 176 g/mol. The molecule has 4 heteroatoms. The van der Waals surface area contributed by atoms with E-state index in [1.54, 1.807) is 6.26 Å². The van der Waals surface area contributed by atoms with Crippen LogP contribution in [0.1, 0.15) is 22.6 Å². The molecular weight excluding hydrogens is 164 g/mol. The fourth-order valence-corrected chi connectivity index (χ4v) is 0.608. The van der Waals surface area contributed by atoms with Crippen LogP contribution in [-0.4, -0.2) is 50.0 Å². The van der Waals surface area contributed by atoms with Crippen molar-refractivity contribution < 1.29 is 11.8 Å². The Balaban J connectivity index is -0.0000000817. The van der Waals surface area contributed by atoms with E-state index in [-0.39, 0.29) is 46.6 Å². The van der Waals surface area contributed by atoms with Crippen LogP contribution in [0, 0.1) is 0 Å². The zero-order valence-electron chi connectivity index (χ0n) is 7.85. The van der Waals surface area contributed by atoms with Crippen molar-refractivity contribution in [2.75, 3.05) is 6.26 Å². The quantitative estimate of drug-likeness (QED) is 0.481. The Kier molecular flexibility index (Phi) is 12.8. The minimum absolute atomic E-state index is 0. The minimum Gasteiger partial charge on any atom is -1.00 e. The predicted molar refractivity (Wildman–Crippen MR) is 42.5 cm³/mol. The van der Waals surface area contributed by atoms with Gasteiger partial charge in [0, 0.05) is 12.7 Å². The van der Waals surface area contributed by atoms with Crippen LogP contribution in [0.15, 0.2) is 0 Å². The summed E-state index contributed by atoms with van der Waals surface area (Å²) in [5.41, 5.74) is 0. The summed E-state index contributed by atoms with van der Waals surface area (Å²) in [4.78, 5) is 10.4. The van der Waals surface area contributed by atoms with Crippen LogP contribution in [0.3, 0.4) is 0 Å². The number of hydrogen-bond acceptors (Lipinski definition) is 3. The van der Waals surface area contributed by atoms with Crippen LogP contribution in [0.4, 0.5) is 0 Å². The van der Waals surface area contributed by atoms with Gasteiger partial charge in [-0.3, -0.25) is 4.79 Å². The predicted octanol–water partition coefficient (Wildman–Crippen LogP) is 1.45. The van der Waals surface area contributed by atoms with Gasteiger partial charge in [-0.15, -0.1) is 0 Å². The molecule has 0 radical (unpaired) electrons. The molecular formula is C5H12CaO2S. The molecule has 0 saturated carbocycles. The third-order valence-electron chi connectivity index (χ3n) is 0.630. The van der Waals surface area contributed by atoms with E-state index in [2.05, 4.69) is 4.18 Å². The molecule has 0 rings (SSSR count). The average Bonchev–Trinajstić information content (AvgIpc) is 1.68. The van der Waals surface area contributed by atoms with Gasteiger partial charge in [0.15, 0.2) is 0 Å². The van der Waals surface area contributed by atoms with Crippen molar-refractivity contribution in [2.45, 2.75) is 19.8 Å². The topological polar surface area (TPSA) is 26.3 Å². The first-order valence-electron chi connectivity index (χ1n) is 2.54. The van der Waals surface area contributed by atoms with Crippen molar-refractivity contribution in [1.29, 1.82) is 0 Å². The molecule has 0 aliphatic rings. The summed E-state index contributed by atoms with van der Waals surface area (Å²) in [5, 5.41) is 0. The molecule has 0 fully saturated rings. The van der Waals surface area contributed by atoms with Crippen LogP contribution in [0.5, 0.6) is 0 Å². The van der Waals surface area contributed by atoms with Gasteiger partial charge in [0.25, 0.3) is 0 Å². The van der Waals surface area contributed by atoms with Crippen LogP contribution in [0.2, 0.25) is 0 Å². The molecule has 9 heavy (non-hydrogen) atoms. The monoisotopic (exact) mass is 176 g/mol. The third kappa shape index (κ3) is 9.08. The summed E-state index contributed by atoms with van der Waals surface area (Å²) in [6.07, 6.45) is 3.12. The van der Waals surface area contributed by atoms with Crippen molar-refractivity contribution in [1.82, 2.24) is 0 Å². The van der Waals surface area contributed by atoms with Gasteiger partial charge in [0.05, 0.1) is 12.0 Å². The molecule has 0 amide bonds. The first-order valence-corrected chi connectivity index (χ1v) is 3.69. The summed E-state index contributed by atoms with van der Waals surface area (Å²) < 4.78 is 4.56. The van der Waals surface area contributed by atoms with Gasteiger partial charge >= 0.3 is 43.7 Å². The smallest absolute Gasteiger partial charge is 1.00 e. The number of hydrogen-bond donors (Lipinski definition) is 0. The zero-order valence-corrected chi connectivity index (χ0v) is 8.87. The molecule has 0 heterocycles. The number of carbonyl (C=O) groups excluding carboxylic acids is 1. The number of carbonyl (C=O) groups is 1. The largest absolute Gasteiger partial charge is 2.00 e. The first-order chi connectivity index (χ1) is 3.81. The Morgan fingerprint density at radius 2 is 2.33 bits per heavy atom. The van der Waals surface area contributed by atoms with Gasteiger partial charge in [-0.05, 0) is 6.42 Å². The van der Waals surface area contributed by atoms with Crippen molar-refractivity contribution in [3.05, 3.63) is 0 Å². The summed E-state index contributed by atoms with van der Waals surface area (Å²) >= 11 is 1.10. The van der Waals surface area contributed by atoms with E-state index < -0.39 is 0 Å². The van der Waals surface area contributed by atoms with Gasteiger partial charge < -0.3 is 7.04 Å². The maximum Gasteiger partial charge on any atom is 2.00 e. The molecule has 0 aromatic carbocycles. The minimum atomic E-state index is -0.125. The molecule has 0 bridgehead atoms. The number of rotatable bonds is 3. The van der Waals surface area contributed by atoms with Crippen LogP contribution < -0.4 is 0 Å². The van der Waals surface area contributed by atoms with Crippen molar-refractivity contribution >= 4 is 55.8 Å². The molecule has 0 N–H and O–H groups in total. The van der Waals surface area contributed by atoms with Crippen molar-refractivity contribution in [2.24, 2.45) is 0 Å². The maximum atomic E-state index is 10.4. The van der Waals surface area contributed by atoms with Gasteiger partial charge in [-0.2, -0.15) is 0 Å². The van der Waals surface area contributed by atoms with Gasteiger partial charge in [-0.1, -0.05) is 6.92 Å². The maximum absolute atomic E-state index is 10.4. The van der Waals surface area contributed by atoms with Crippen LogP contribution in [0.25, 0.3) is 0 Å².